The maximum Gasteiger partial charge on any atom is 0.251 e. The summed E-state index contributed by atoms with van der Waals surface area (Å²) in [4.78, 5) is 25.4. The summed E-state index contributed by atoms with van der Waals surface area (Å²) in [7, 11) is 0. The molecule has 0 spiro atoms. The first kappa shape index (κ1) is 13.8. The number of ether oxygens (including phenoxy) is 2. The molecule has 1 fully saturated rings. The van der Waals surface area contributed by atoms with Gasteiger partial charge in [0.2, 0.25) is 5.56 Å². The lowest BCUT2D eigenvalue weighted by molar-refractivity contribution is 0.0318. The molecule has 1 aromatic heterocycles. The second-order valence-corrected chi connectivity index (χ2v) is 4.64. The number of carbonyl (C=O) groups excluding carboxylic acids is 1. The third kappa shape index (κ3) is 4.18. The fourth-order valence-corrected chi connectivity index (χ4v) is 1.86. The summed E-state index contributed by atoms with van der Waals surface area (Å²) in [6, 6.07) is 2.72. The molecule has 1 aliphatic heterocycles. The Hall–Kier alpha value is -1.66. The number of carbonyl (C=O) groups is 1. The normalized spacial score (nSPS) is 20.2. The minimum atomic E-state index is -0.292. The fraction of sp³-hybridized carbons (Fsp3) is 0.538. The minimum Gasteiger partial charge on any atom is -0.379 e. The van der Waals surface area contributed by atoms with Gasteiger partial charge in [-0.15, -0.1) is 0 Å². The molecule has 0 aromatic carbocycles. The summed E-state index contributed by atoms with van der Waals surface area (Å²) in [5, 5.41) is 2.79. The topological polar surface area (TPSA) is 80.4 Å². The van der Waals surface area contributed by atoms with Crippen molar-refractivity contribution in [3.05, 3.63) is 34.2 Å². The summed E-state index contributed by atoms with van der Waals surface area (Å²) in [6.45, 7) is 3.65. The summed E-state index contributed by atoms with van der Waals surface area (Å²) in [5.41, 5.74) is 0.0551. The molecular formula is C13H18N2O4. The average Bonchev–Trinajstić information content (AvgIpc) is 2.89. The molecule has 1 saturated heterocycles. The van der Waals surface area contributed by atoms with Crippen LogP contribution in [0.4, 0.5) is 0 Å². The maximum absolute atomic E-state index is 11.9. The highest BCUT2D eigenvalue weighted by atomic mass is 16.5. The van der Waals surface area contributed by atoms with Gasteiger partial charge in [-0.2, -0.15) is 0 Å². The first-order chi connectivity index (χ1) is 9.15. The van der Waals surface area contributed by atoms with Crippen LogP contribution in [0.5, 0.6) is 0 Å². The molecule has 2 rings (SSSR count). The summed E-state index contributed by atoms with van der Waals surface area (Å²) in [6.07, 6.45) is 2.47. The lowest BCUT2D eigenvalue weighted by atomic mass is 10.2. The van der Waals surface area contributed by atoms with Crippen LogP contribution in [0.15, 0.2) is 23.1 Å². The van der Waals surface area contributed by atoms with Crippen molar-refractivity contribution in [1.82, 2.24) is 10.3 Å². The molecule has 6 nitrogen and oxygen atoms in total. The summed E-state index contributed by atoms with van der Waals surface area (Å²) >= 11 is 0. The van der Waals surface area contributed by atoms with Crippen LogP contribution < -0.4 is 10.9 Å². The zero-order valence-corrected chi connectivity index (χ0v) is 10.8. The highest BCUT2D eigenvalue weighted by Gasteiger charge is 2.17. The van der Waals surface area contributed by atoms with E-state index in [1.54, 1.807) is 6.07 Å². The van der Waals surface area contributed by atoms with Gasteiger partial charge in [0.05, 0.1) is 19.3 Å². The molecule has 19 heavy (non-hydrogen) atoms. The largest absolute Gasteiger partial charge is 0.379 e. The second kappa shape index (κ2) is 6.49. The van der Waals surface area contributed by atoms with Gasteiger partial charge >= 0.3 is 0 Å². The molecule has 2 heterocycles. The molecule has 1 aliphatic rings. The number of rotatable bonds is 5. The van der Waals surface area contributed by atoms with Crippen molar-refractivity contribution in [2.24, 2.45) is 0 Å². The Bertz CT molecular complexity index is 480. The number of aromatic nitrogens is 1. The van der Waals surface area contributed by atoms with Gasteiger partial charge in [0.1, 0.15) is 0 Å². The third-order valence-electron chi connectivity index (χ3n) is 2.88. The molecule has 0 radical (unpaired) electrons. The number of aromatic amines is 1. The van der Waals surface area contributed by atoms with Gasteiger partial charge in [-0.3, -0.25) is 9.59 Å². The van der Waals surface area contributed by atoms with Gasteiger partial charge in [0.25, 0.3) is 5.91 Å². The van der Waals surface area contributed by atoms with Crippen LogP contribution in [0.3, 0.4) is 0 Å². The number of hydrogen-bond donors (Lipinski definition) is 2. The highest BCUT2D eigenvalue weighted by molar-refractivity contribution is 5.94. The van der Waals surface area contributed by atoms with Crippen molar-refractivity contribution in [2.75, 3.05) is 19.8 Å². The monoisotopic (exact) mass is 266 g/mol. The van der Waals surface area contributed by atoms with E-state index in [1.165, 1.54) is 12.3 Å². The Morgan fingerprint density at radius 1 is 1.68 bits per heavy atom. The van der Waals surface area contributed by atoms with Gasteiger partial charge in [0, 0.05) is 30.5 Å². The standard InChI is InChI=1S/C13H18N2O4/c1-9(7-19-11-3-5-18-8-11)15-13(17)10-2-4-14-12(16)6-10/h2,4,6,9,11H,3,5,7-8H2,1H3,(H,14,16)(H,15,17). The lowest BCUT2D eigenvalue weighted by Crippen LogP contribution is -2.37. The zero-order valence-electron chi connectivity index (χ0n) is 10.8. The SMILES string of the molecule is CC(COC1CCOC1)NC(=O)c1cc[nH]c(=O)c1. The van der Waals surface area contributed by atoms with E-state index in [1.807, 2.05) is 6.92 Å². The van der Waals surface area contributed by atoms with E-state index < -0.39 is 0 Å². The van der Waals surface area contributed by atoms with E-state index >= 15 is 0 Å². The first-order valence-electron chi connectivity index (χ1n) is 6.34. The van der Waals surface area contributed by atoms with Crippen LogP contribution in [0.2, 0.25) is 0 Å². The van der Waals surface area contributed by atoms with Crippen molar-refractivity contribution < 1.29 is 14.3 Å². The number of pyridine rings is 1. The quantitative estimate of drug-likeness (QED) is 0.803. The maximum atomic E-state index is 11.9. The number of hydrogen-bond acceptors (Lipinski definition) is 4. The van der Waals surface area contributed by atoms with Crippen LogP contribution in [0.1, 0.15) is 23.7 Å². The van der Waals surface area contributed by atoms with Crippen molar-refractivity contribution in [2.45, 2.75) is 25.5 Å². The molecule has 1 amide bonds. The molecule has 1 aromatic rings. The van der Waals surface area contributed by atoms with Crippen molar-refractivity contribution >= 4 is 5.91 Å². The number of H-pyrrole nitrogens is 1. The van der Waals surface area contributed by atoms with Gasteiger partial charge in [-0.05, 0) is 19.4 Å². The molecule has 104 valence electrons. The second-order valence-electron chi connectivity index (χ2n) is 4.64. The number of amides is 1. The van der Waals surface area contributed by atoms with Crippen LogP contribution >= 0.6 is 0 Å². The van der Waals surface area contributed by atoms with E-state index in [2.05, 4.69) is 10.3 Å². The summed E-state index contributed by atoms with van der Waals surface area (Å²) in [5.74, 6) is -0.273. The van der Waals surface area contributed by atoms with E-state index in [-0.39, 0.29) is 23.6 Å². The molecule has 0 bridgehead atoms. The fourth-order valence-electron chi connectivity index (χ4n) is 1.86. The Balaban J connectivity index is 1.79. The van der Waals surface area contributed by atoms with Gasteiger partial charge in [0.15, 0.2) is 0 Å². The van der Waals surface area contributed by atoms with E-state index in [0.29, 0.717) is 18.8 Å². The predicted octanol–water partition coefficient (Wildman–Crippen LogP) is 0.299. The molecule has 0 aliphatic carbocycles. The van der Waals surface area contributed by atoms with Gasteiger partial charge in [-0.25, -0.2) is 0 Å². The van der Waals surface area contributed by atoms with Crippen LogP contribution in [-0.2, 0) is 9.47 Å². The summed E-state index contributed by atoms with van der Waals surface area (Å²) < 4.78 is 10.8. The van der Waals surface area contributed by atoms with Crippen LogP contribution in [0.25, 0.3) is 0 Å². The van der Waals surface area contributed by atoms with Crippen LogP contribution in [-0.4, -0.2) is 42.9 Å². The van der Waals surface area contributed by atoms with Crippen molar-refractivity contribution in [3.63, 3.8) is 0 Å². The molecule has 2 atom stereocenters. The minimum absolute atomic E-state index is 0.118. The molecule has 2 unspecified atom stereocenters. The van der Waals surface area contributed by atoms with Gasteiger partial charge in [-0.1, -0.05) is 0 Å². The van der Waals surface area contributed by atoms with Crippen LogP contribution in [0, 0.1) is 0 Å². The molecule has 6 heteroatoms. The average molecular weight is 266 g/mol. The third-order valence-corrected chi connectivity index (χ3v) is 2.88. The molecular weight excluding hydrogens is 248 g/mol. The molecule has 2 N–H and O–H groups in total. The predicted molar refractivity (Wildman–Crippen MR) is 69.2 cm³/mol. The van der Waals surface area contributed by atoms with E-state index in [4.69, 9.17) is 9.47 Å². The Kier molecular flexibility index (Phi) is 4.70. The Labute approximate surface area is 111 Å². The number of nitrogens with one attached hydrogen (secondary N) is 2. The highest BCUT2D eigenvalue weighted by Crippen LogP contribution is 2.08. The molecule has 0 saturated carbocycles. The first-order valence-corrected chi connectivity index (χ1v) is 6.34. The van der Waals surface area contributed by atoms with E-state index in [9.17, 15) is 9.59 Å². The Morgan fingerprint density at radius 2 is 2.53 bits per heavy atom. The van der Waals surface area contributed by atoms with Crippen molar-refractivity contribution in [1.29, 1.82) is 0 Å². The lowest BCUT2D eigenvalue weighted by Gasteiger charge is -2.16. The van der Waals surface area contributed by atoms with E-state index in [0.717, 1.165) is 13.0 Å². The smallest absolute Gasteiger partial charge is 0.251 e. The zero-order chi connectivity index (χ0) is 13.7. The van der Waals surface area contributed by atoms with Crippen molar-refractivity contribution in [3.8, 4) is 0 Å². The van der Waals surface area contributed by atoms with Gasteiger partial charge < -0.3 is 19.8 Å². The Morgan fingerprint density at radius 3 is 3.21 bits per heavy atom.